The van der Waals surface area contributed by atoms with E-state index >= 15 is 0 Å². The molecule has 15 nitrogen and oxygen atoms in total. The highest BCUT2D eigenvalue weighted by Gasteiger charge is 2.41. The highest BCUT2D eigenvalue weighted by molar-refractivity contribution is 7.16. The number of likely N-dealkylation sites (tertiary alicyclic amines) is 1. The number of aryl methyl sites for hydroxylation is 1. The first-order chi connectivity index (χ1) is 27.7. The van der Waals surface area contributed by atoms with E-state index in [1.165, 1.54) is 17.4 Å². The summed E-state index contributed by atoms with van der Waals surface area (Å²) in [6.07, 6.45) is -8.25. The van der Waals surface area contributed by atoms with Crippen molar-refractivity contribution < 1.29 is 70.6 Å². The van der Waals surface area contributed by atoms with Crippen LogP contribution in [0.5, 0.6) is 11.5 Å². The number of hydrogen-bond donors (Lipinski definition) is 6. The summed E-state index contributed by atoms with van der Waals surface area (Å²) in [6, 6.07) is 11.1. The summed E-state index contributed by atoms with van der Waals surface area (Å²) in [5.41, 5.74) is 2.31. The predicted molar refractivity (Wildman–Crippen MR) is 202 cm³/mol. The molecule has 2 aliphatic heterocycles. The minimum Gasteiger partial charge on any atom is -0.506 e. The standard InChI is InChI=1S/C32H39N5O6S2.2C2HF3O2/c1-21-34-25(19-44-21)30(40)37-14-16-43-32(20-37)9-12-36(13-10-32)11-2-15-42-23-5-3-22(4-6-23)17-33-18-27(39)24-7-8-26(38)28-29(24)45-31(41)35-28;2*3-2(4,5)1(6)7/h3-8,19,27,33,38-39H,2,9-18,20H2,1H3,(H,35,41);2*(H,6,7)/t27-;;/m0../s1. The fourth-order valence-electron chi connectivity index (χ4n) is 6.08. The van der Waals surface area contributed by atoms with Gasteiger partial charge >= 0.3 is 29.2 Å². The van der Waals surface area contributed by atoms with E-state index in [9.17, 15) is 46.1 Å². The van der Waals surface area contributed by atoms with E-state index in [4.69, 9.17) is 29.3 Å². The smallest absolute Gasteiger partial charge is 0.490 e. The molecule has 2 aromatic carbocycles. The lowest BCUT2D eigenvalue weighted by atomic mass is 9.89. The van der Waals surface area contributed by atoms with E-state index in [0.717, 1.165) is 66.6 Å². The molecule has 324 valence electrons. The molecule has 2 saturated heterocycles. The lowest BCUT2D eigenvalue weighted by Crippen LogP contribution is -2.58. The van der Waals surface area contributed by atoms with Gasteiger partial charge in [0.25, 0.3) is 5.91 Å². The van der Waals surface area contributed by atoms with Gasteiger partial charge in [-0.05, 0) is 49.9 Å². The maximum absolute atomic E-state index is 12.9. The van der Waals surface area contributed by atoms with Crippen LogP contribution in [0.25, 0.3) is 10.2 Å². The molecule has 1 amide bonds. The van der Waals surface area contributed by atoms with E-state index in [1.54, 1.807) is 6.07 Å². The van der Waals surface area contributed by atoms with Crippen LogP contribution in [0, 0.1) is 6.92 Å². The highest BCUT2D eigenvalue weighted by Crippen LogP contribution is 2.32. The Bertz CT molecular complexity index is 2060. The van der Waals surface area contributed by atoms with Gasteiger partial charge in [0.05, 0.1) is 41.2 Å². The van der Waals surface area contributed by atoms with Gasteiger partial charge in [-0.1, -0.05) is 29.5 Å². The molecule has 2 aliphatic rings. The van der Waals surface area contributed by atoms with Crippen molar-refractivity contribution in [3.8, 4) is 11.5 Å². The first-order valence-electron chi connectivity index (χ1n) is 17.8. The fourth-order valence-corrected chi connectivity index (χ4v) is 7.58. The summed E-state index contributed by atoms with van der Waals surface area (Å²) < 4.78 is 76.3. The largest absolute Gasteiger partial charge is 0.506 e. The van der Waals surface area contributed by atoms with Crippen LogP contribution in [0.3, 0.4) is 0 Å². The molecule has 6 rings (SSSR count). The quantitative estimate of drug-likeness (QED) is 0.0873. The number of aliphatic hydroxyl groups is 1. The number of piperidine rings is 1. The minimum absolute atomic E-state index is 0.00557. The number of carboxylic acids is 2. The Balaban J connectivity index is 0.000000471. The molecule has 0 unspecified atom stereocenters. The first-order valence-corrected chi connectivity index (χ1v) is 19.5. The highest BCUT2D eigenvalue weighted by atomic mass is 32.1. The summed E-state index contributed by atoms with van der Waals surface area (Å²) in [7, 11) is 0. The number of phenols is 1. The number of thiazole rings is 2. The fraction of sp³-hybridized carbons (Fsp3) is 0.472. The second-order valence-corrected chi connectivity index (χ2v) is 15.4. The normalized spacial score (nSPS) is 16.1. The molecular formula is C36H41F6N5O10S2. The van der Waals surface area contributed by atoms with Crippen LogP contribution in [0.1, 0.15) is 52.0 Å². The summed E-state index contributed by atoms with van der Waals surface area (Å²) >= 11 is 2.49. The number of aromatic amines is 1. The zero-order chi connectivity index (χ0) is 43.5. The Hall–Kier alpha value is -4.81. The van der Waals surface area contributed by atoms with E-state index in [0.29, 0.717) is 60.9 Å². The third kappa shape index (κ3) is 13.9. The molecule has 0 saturated carbocycles. The number of rotatable bonds is 11. The number of aromatic nitrogens is 2. The number of phenolic OH excluding ortho intramolecular Hbond substituents is 1. The Labute approximate surface area is 339 Å². The van der Waals surface area contributed by atoms with E-state index in [2.05, 4.69) is 20.2 Å². The molecule has 59 heavy (non-hydrogen) atoms. The zero-order valence-corrected chi connectivity index (χ0v) is 32.9. The predicted octanol–water partition coefficient (Wildman–Crippen LogP) is 4.93. The molecule has 2 fully saturated rings. The molecule has 23 heteroatoms. The third-order valence-corrected chi connectivity index (χ3v) is 10.8. The number of ether oxygens (including phenoxy) is 2. The average Bonchev–Trinajstić information content (AvgIpc) is 3.80. The number of aliphatic hydroxyl groups excluding tert-OH is 1. The molecule has 1 spiro atoms. The maximum atomic E-state index is 12.9. The van der Waals surface area contributed by atoms with Crippen molar-refractivity contribution in [3.05, 3.63) is 73.3 Å². The summed E-state index contributed by atoms with van der Waals surface area (Å²) in [5, 5.41) is 40.9. The number of benzene rings is 2. The van der Waals surface area contributed by atoms with E-state index in [-0.39, 0.29) is 22.1 Å². The summed E-state index contributed by atoms with van der Waals surface area (Å²) in [6.45, 7) is 8.07. The molecule has 4 aromatic rings. The van der Waals surface area contributed by atoms with Crippen LogP contribution in [0.4, 0.5) is 26.3 Å². The molecule has 0 radical (unpaired) electrons. The second kappa shape index (κ2) is 20.4. The van der Waals surface area contributed by atoms with Crippen molar-refractivity contribution in [1.82, 2.24) is 25.1 Å². The topological polar surface area (TPSA) is 215 Å². The average molecular weight is 882 g/mol. The lowest BCUT2D eigenvalue weighted by Gasteiger charge is -2.47. The molecular weight excluding hydrogens is 841 g/mol. The number of alkyl halides is 6. The van der Waals surface area contributed by atoms with Gasteiger partial charge < -0.3 is 50.0 Å². The number of carbonyl (C=O) groups excluding carboxylic acids is 1. The van der Waals surface area contributed by atoms with Crippen molar-refractivity contribution in [2.24, 2.45) is 0 Å². The Morgan fingerprint density at radius 3 is 2.22 bits per heavy atom. The van der Waals surface area contributed by atoms with Crippen molar-refractivity contribution in [3.63, 3.8) is 0 Å². The number of nitrogens with zero attached hydrogens (tertiary/aromatic N) is 3. The van der Waals surface area contributed by atoms with Gasteiger partial charge in [-0.2, -0.15) is 26.3 Å². The molecule has 2 aromatic heterocycles. The number of H-pyrrole nitrogens is 1. The number of carbonyl (C=O) groups is 3. The Kier molecular flexibility index (Phi) is 16.2. The van der Waals surface area contributed by atoms with Crippen molar-refractivity contribution in [2.75, 3.05) is 52.5 Å². The lowest BCUT2D eigenvalue weighted by molar-refractivity contribution is -0.193. The van der Waals surface area contributed by atoms with Crippen LogP contribution >= 0.6 is 22.7 Å². The second-order valence-electron chi connectivity index (χ2n) is 13.3. The number of nitrogens with one attached hydrogen (secondary N) is 2. The molecule has 4 heterocycles. The number of carboxylic acid groups (broad SMARTS) is 2. The van der Waals surface area contributed by atoms with E-state index < -0.39 is 30.4 Å². The van der Waals surface area contributed by atoms with Crippen molar-refractivity contribution >= 4 is 50.7 Å². The number of morpholine rings is 1. The molecule has 6 N–H and O–H groups in total. The van der Waals surface area contributed by atoms with E-state index in [1.807, 2.05) is 41.5 Å². The van der Waals surface area contributed by atoms with Crippen LogP contribution in [-0.2, 0) is 20.9 Å². The van der Waals surface area contributed by atoms with Gasteiger partial charge in [-0.15, -0.1) is 11.3 Å². The third-order valence-electron chi connectivity index (χ3n) is 9.05. The molecule has 0 bridgehead atoms. The van der Waals surface area contributed by atoms with Gasteiger partial charge in [0.2, 0.25) is 0 Å². The van der Waals surface area contributed by atoms with Crippen LogP contribution < -0.4 is 14.9 Å². The van der Waals surface area contributed by atoms with Crippen LogP contribution in [0.2, 0.25) is 0 Å². The van der Waals surface area contributed by atoms with Crippen LogP contribution in [0.15, 0.2) is 46.6 Å². The Morgan fingerprint density at radius 2 is 1.64 bits per heavy atom. The van der Waals surface area contributed by atoms with Gasteiger partial charge in [0.15, 0.2) is 0 Å². The number of aliphatic carboxylic acids is 2. The number of fused-ring (bicyclic) bond motifs is 1. The number of aromatic hydroxyl groups is 1. The maximum Gasteiger partial charge on any atom is 0.490 e. The van der Waals surface area contributed by atoms with Gasteiger partial charge in [-0.25, -0.2) is 14.6 Å². The number of amides is 1. The first kappa shape index (κ1) is 46.9. The number of hydrogen-bond acceptors (Lipinski definition) is 13. The zero-order valence-electron chi connectivity index (χ0n) is 31.3. The van der Waals surface area contributed by atoms with Gasteiger partial charge in [-0.3, -0.25) is 9.59 Å². The summed E-state index contributed by atoms with van der Waals surface area (Å²) in [5.74, 6) is -4.69. The van der Waals surface area contributed by atoms with Crippen molar-refractivity contribution in [2.45, 2.75) is 56.8 Å². The van der Waals surface area contributed by atoms with Gasteiger partial charge in [0, 0.05) is 50.2 Å². The number of halogens is 6. The van der Waals surface area contributed by atoms with Gasteiger partial charge in [0.1, 0.15) is 22.7 Å². The molecule has 1 atom stereocenters. The SMILES string of the molecule is Cc1nc(C(=O)N2CCOC3(CCN(CCCOc4ccc(CNC[C@H](O)c5ccc(O)c6[nH]c(=O)sc56)cc4)CC3)C2)cs1.O=C(O)C(F)(F)F.O=C(O)C(F)(F)F. The minimum atomic E-state index is -5.08. The Morgan fingerprint density at radius 1 is 1.02 bits per heavy atom. The van der Waals surface area contributed by atoms with Crippen molar-refractivity contribution in [1.29, 1.82) is 0 Å². The monoisotopic (exact) mass is 881 g/mol. The summed E-state index contributed by atoms with van der Waals surface area (Å²) in [4.78, 5) is 53.6. The molecule has 0 aliphatic carbocycles. The van der Waals surface area contributed by atoms with Crippen LogP contribution in [-0.4, -0.2) is 128 Å².